The number of aromatic nitrogens is 4. The Labute approximate surface area is 164 Å². The third-order valence-corrected chi connectivity index (χ3v) is 4.69. The molecule has 0 aliphatic heterocycles. The van der Waals surface area contributed by atoms with Gasteiger partial charge < -0.3 is 14.8 Å². The molecule has 3 aromatic rings. The van der Waals surface area contributed by atoms with Crippen LogP contribution in [0.4, 0.5) is 5.69 Å². The minimum Gasteiger partial charge on any atom is -0.495 e. The maximum Gasteiger partial charge on any atom is 0.234 e. The largest absolute Gasteiger partial charge is 0.495 e. The fourth-order valence-electron chi connectivity index (χ4n) is 2.22. The Morgan fingerprint density at radius 3 is 2.74 bits per heavy atom. The quantitative estimate of drug-likeness (QED) is 0.477. The molecule has 0 bridgehead atoms. The first-order valence-corrected chi connectivity index (χ1v) is 9.13. The number of ether oxygens (including phenoxy) is 2. The summed E-state index contributed by atoms with van der Waals surface area (Å²) in [5.41, 5.74) is 0.466. The molecule has 2 heterocycles. The number of methoxy groups -OCH3 is 2. The normalized spacial score (nSPS) is 10.5. The second kappa shape index (κ2) is 8.74. The van der Waals surface area contributed by atoms with Gasteiger partial charge in [-0.15, -0.1) is 0 Å². The molecule has 140 valence electrons. The molecule has 0 radical (unpaired) electrons. The fourth-order valence-corrected chi connectivity index (χ4v) is 3.12. The number of hydrogen-bond acceptors (Lipinski definition) is 7. The van der Waals surface area contributed by atoms with Crippen LogP contribution in [-0.2, 0) is 4.79 Å². The van der Waals surface area contributed by atoms with Crippen molar-refractivity contribution in [3.8, 4) is 17.3 Å². The number of carbonyl (C=O) groups is 1. The van der Waals surface area contributed by atoms with Crippen LogP contribution in [0.1, 0.15) is 0 Å². The van der Waals surface area contributed by atoms with Crippen LogP contribution in [0.2, 0.25) is 5.02 Å². The Kier molecular flexibility index (Phi) is 6.15. The zero-order valence-electron chi connectivity index (χ0n) is 14.5. The number of nitrogens with one attached hydrogen (secondary N) is 1. The summed E-state index contributed by atoms with van der Waals surface area (Å²) in [7, 11) is 3.01. The summed E-state index contributed by atoms with van der Waals surface area (Å²) in [6.45, 7) is 0. The Balaban J connectivity index is 1.65. The van der Waals surface area contributed by atoms with Gasteiger partial charge in [-0.05, 0) is 12.1 Å². The van der Waals surface area contributed by atoms with Crippen LogP contribution >= 0.6 is 23.4 Å². The number of amides is 1. The lowest BCUT2D eigenvalue weighted by atomic mass is 10.2. The van der Waals surface area contributed by atoms with Crippen LogP contribution in [0.3, 0.4) is 0 Å². The molecule has 0 aliphatic rings. The first-order valence-electron chi connectivity index (χ1n) is 7.77. The summed E-state index contributed by atoms with van der Waals surface area (Å²) < 4.78 is 12.0. The molecule has 0 fully saturated rings. The Hall–Kier alpha value is -2.78. The highest BCUT2D eigenvalue weighted by Crippen LogP contribution is 2.36. The predicted molar refractivity (Wildman–Crippen MR) is 103 cm³/mol. The van der Waals surface area contributed by atoms with E-state index in [0.29, 0.717) is 33.1 Å². The highest BCUT2D eigenvalue weighted by molar-refractivity contribution is 7.99. The minimum atomic E-state index is -0.223. The molecular formula is C17H16ClN5O3S. The smallest absolute Gasteiger partial charge is 0.234 e. The lowest BCUT2D eigenvalue weighted by Gasteiger charge is -2.13. The molecule has 0 atom stereocenters. The monoisotopic (exact) mass is 405 g/mol. The van der Waals surface area contributed by atoms with Crippen molar-refractivity contribution in [2.24, 2.45) is 0 Å². The van der Waals surface area contributed by atoms with E-state index < -0.39 is 0 Å². The summed E-state index contributed by atoms with van der Waals surface area (Å²) in [6.07, 6.45) is 4.88. The molecule has 10 heteroatoms. The zero-order valence-corrected chi connectivity index (χ0v) is 16.1. The van der Waals surface area contributed by atoms with E-state index in [2.05, 4.69) is 20.4 Å². The maximum absolute atomic E-state index is 12.3. The van der Waals surface area contributed by atoms with Crippen molar-refractivity contribution in [1.82, 2.24) is 19.7 Å². The van der Waals surface area contributed by atoms with Gasteiger partial charge >= 0.3 is 0 Å². The van der Waals surface area contributed by atoms with Crippen LogP contribution in [0.5, 0.6) is 11.5 Å². The zero-order chi connectivity index (χ0) is 19.2. The van der Waals surface area contributed by atoms with Crippen LogP contribution in [-0.4, -0.2) is 45.6 Å². The number of halogens is 1. The van der Waals surface area contributed by atoms with Crippen molar-refractivity contribution >= 4 is 35.0 Å². The van der Waals surface area contributed by atoms with Crippen LogP contribution in [0, 0.1) is 0 Å². The van der Waals surface area contributed by atoms with Gasteiger partial charge in [0, 0.05) is 24.5 Å². The molecule has 0 aliphatic carbocycles. The third-order valence-electron chi connectivity index (χ3n) is 3.47. The predicted octanol–water partition coefficient (Wildman–Crippen LogP) is 3.06. The molecule has 1 amide bonds. The van der Waals surface area contributed by atoms with E-state index in [9.17, 15) is 4.79 Å². The Morgan fingerprint density at radius 2 is 2.04 bits per heavy atom. The van der Waals surface area contributed by atoms with Crippen molar-refractivity contribution in [3.05, 3.63) is 48.0 Å². The van der Waals surface area contributed by atoms with Crippen molar-refractivity contribution in [3.63, 3.8) is 0 Å². The molecule has 3 rings (SSSR count). The van der Waals surface area contributed by atoms with E-state index in [1.165, 1.54) is 32.3 Å². The van der Waals surface area contributed by atoms with Gasteiger partial charge in [0.15, 0.2) is 5.82 Å². The standard InChI is InChI=1S/C17H16ClN5O3S/c1-25-13-7-14(26-2)12(6-11(13)18)22-16(24)9-27-17-8-15(19-10-20-17)23-5-3-4-21-23/h3-8,10H,9H2,1-2H3,(H,22,24). The Morgan fingerprint density at radius 1 is 1.22 bits per heavy atom. The molecule has 1 N–H and O–H groups in total. The van der Waals surface area contributed by atoms with Gasteiger partial charge in [0.25, 0.3) is 0 Å². The van der Waals surface area contributed by atoms with Gasteiger partial charge in [0.05, 0.1) is 30.7 Å². The van der Waals surface area contributed by atoms with Gasteiger partial charge in [0.1, 0.15) is 22.9 Å². The number of carbonyl (C=O) groups excluding carboxylic acids is 1. The minimum absolute atomic E-state index is 0.155. The summed E-state index contributed by atoms with van der Waals surface area (Å²) in [5.74, 6) is 1.48. The van der Waals surface area contributed by atoms with Gasteiger partial charge in [0.2, 0.25) is 5.91 Å². The number of benzene rings is 1. The van der Waals surface area contributed by atoms with Crippen molar-refractivity contribution < 1.29 is 14.3 Å². The van der Waals surface area contributed by atoms with Crippen LogP contribution < -0.4 is 14.8 Å². The van der Waals surface area contributed by atoms with Crippen molar-refractivity contribution in [1.29, 1.82) is 0 Å². The topological polar surface area (TPSA) is 91.2 Å². The van der Waals surface area contributed by atoms with Gasteiger partial charge in [-0.1, -0.05) is 23.4 Å². The van der Waals surface area contributed by atoms with E-state index in [4.69, 9.17) is 21.1 Å². The van der Waals surface area contributed by atoms with E-state index in [1.54, 1.807) is 41.3 Å². The summed E-state index contributed by atoms with van der Waals surface area (Å²) in [6, 6.07) is 6.76. The average molecular weight is 406 g/mol. The number of hydrogen-bond donors (Lipinski definition) is 1. The average Bonchev–Trinajstić information content (AvgIpc) is 3.22. The first-order chi connectivity index (χ1) is 13.1. The van der Waals surface area contributed by atoms with Crippen LogP contribution in [0.15, 0.2) is 48.0 Å². The van der Waals surface area contributed by atoms with E-state index in [1.807, 2.05) is 0 Å². The third kappa shape index (κ3) is 4.69. The van der Waals surface area contributed by atoms with Crippen molar-refractivity contribution in [2.75, 3.05) is 25.3 Å². The lowest BCUT2D eigenvalue weighted by molar-refractivity contribution is -0.113. The number of rotatable bonds is 7. The second-order valence-electron chi connectivity index (χ2n) is 5.19. The first kappa shape index (κ1) is 19.0. The molecule has 2 aromatic heterocycles. The van der Waals surface area contributed by atoms with Gasteiger partial charge in [-0.2, -0.15) is 5.10 Å². The molecule has 8 nitrogen and oxygen atoms in total. The molecular weight excluding hydrogens is 390 g/mol. The Bertz CT molecular complexity index is 936. The summed E-state index contributed by atoms with van der Waals surface area (Å²) >= 11 is 7.40. The molecule has 0 unspecified atom stereocenters. The lowest BCUT2D eigenvalue weighted by Crippen LogP contribution is -2.15. The van der Waals surface area contributed by atoms with Gasteiger partial charge in [-0.25, -0.2) is 14.6 Å². The molecule has 27 heavy (non-hydrogen) atoms. The molecule has 0 saturated carbocycles. The summed E-state index contributed by atoms with van der Waals surface area (Å²) in [4.78, 5) is 20.6. The molecule has 0 saturated heterocycles. The van der Waals surface area contributed by atoms with E-state index >= 15 is 0 Å². The van der Waals surface area contributed by atoms with E-state index in [0.717, 1.165) is 0 Å². The number of anilines is 1. The summed E-state index contributed by atoms with van der Waals surface area (Å²) in [5, 5.41) is 7.94. The maximum atomic E-state index is 12.3. The second-order valence-corrected chi connectivity index (χ2v) is 6.59. The van der Waals surface area contributed by atoms with Gasteiger partial charge in [-0.3, -0.25) is 4.79 Å². The highest BCUT2D eigenvalue weighted by atomic mass is 35.5. The van der Waals surface area contributed by atoms with E-state index in [-0.39, 0.29) is 11.7 Å². The number of thioether (sulfide) groups is 1. The van der Waals surface area contributed by atoms with Crippen molar-refractivity contribution in [2.45, 2.75) is 5.03 Å². The highest BCUT2D eigenvalue weighted by Gasteiger charge is 2.13. The molecule has 1 aromatic carbocycles. The number of nitrogens with zero attached hydrogens (tertiary/aromatic N) is 4. The van der Waals surface area contributed by atoms with Crippen LogP contribution in [0.25, 0.3) is 5.82 Å². The fraction of sp³-hybridized carbons (Fsp3) is 0.176. The molecule has 0 spiro atoms. The SMILES string of the molecule is COc1cc(OC)c(NC(=O)CSc2cc(-n3cccn3)ncn2)cc1Cl.